The van der Waals surface area contributed by atoms with Gasteiger partial charge in [-0.2, -0.15) is 0 Å². The van der Waals surface area contributed by atoms with E-state index < -0.39 is 5.60 Å². The summed E-state index contributed by atoms with van der Waals surface area (Å²) in [5.74, 6) is 0.327. The predicted octanol–water partition coefficient (Wildman–Crippen LogP) is 3.01. The standard InChI is InChI=1S/C16H21ClN2O4/c1-16(2,3)23-15(21)19-8-10-6-11(19)9-18(7-10)14(20)12-4-5-13(17)22-12/h4-5,10-11H,6-9H2,1-3H3/t10-,11+/m1/s1. The summed E-state index contributed by atoms with van der Waals surface area (Å²) in [6, 6.07) is 3.13. The van der Waals surface area contributed by atoms with Gasteiger partial charge >= 0.3 is 6.09 Å². The number of nitrogens with zero attached hydrogens (tertiary/aromatic N) is 2. The van der Waals surface area contributed by atoms with Crippen LogP contribution in [-0.2, 0) is 4.74 Å². The molecule has 0 N–H and O–H groups in total. The molecule has 23 heavy (non-hydrogen) atoms. The van der Waals surface area contributed by atoms with Crippen LogP contribution in [-0.4, -0.2) is 53.1 Å². The number of hydrogen-bond donors (Lipinski definition) is 0. The zero-order valence-electron chi connectivity index (χ0n) is 13.5. The molecule has 2 aliphatic heterocycles. The van der Waals surface area contributed by atoms with Crippen LogP contribution < -0.4 is 0 Å². The van der Waals surface area contributed by atoms with Crippen molar-refractivity contribution in [1.29, 1.82) is 0 Å². The van der Waals surface area contributed by atoms with E-state index in [1.165, 1.54) is 0 Å². The first-order valence-corrected chi connectivity index (χ1v) is 8.15. The number of carbonyl (C=O) groups excluding carboxylic acids is 2. The Morgan fingerprint density at radius 1 is 1.26 bits per heavy atom. The average Bonchev–Trinajstić information content (AvgIpc) is 2.99. The fraction of sp³-hybridized carbons (Fsp3) is 0.625. The number of hydrogen-bond acceptors (Lipinski definition) is 4. The Balaban J connectivity index is 1.68. The van der Waals surface area contributed by atoms with E-state index in [0.717, 1.165) is 6.42 Å². The lowest BCUT2D eigenvalue weighted by Crippen LogP contribution is -2.47. The highest BCUT2D eigenvalue weighted by molar-refractivity contribution is 6.29. The molecule has 126 valence electrons. The maximum Gasteiger partial charge on any atom is 0.410 e. The average molecular weight is 341 g/mol. The summed E-state index contributed by atoms with van der Waals surface area (Å²) in [5.41, 5.74) is -0.520. The summed E-state index contributed by atoms with van der Waals surface area (Å²) in [7, 11) is 0. The van der Waals surface area contributed by atoms with E-state index in [1.54, 1.807) is 21.9 Å². The van der Waals surface area contributed by atoms with Crippen molar-refractivity contribution in [1.82, 2.24) is 9.80 Å². The van der Waals surface area contributed by atoms with Crippen LogP contribution in [0.25, 0.3) is 0 Å². The number of furan rings is 1. The number of likely N-dealkylation sites (tertiary alicyclic amines) is 2. The van der Waals surface area contributed by atoms with Gasteiger partial charge in [0.25, 0.3) is 5.91 Å². The molecular weight excluding hydrogens is 320 g/mol. The monoisotopic (exact) mass is 340 g/mol. The Bertz CT molecular complexity index is 622. The van der Waals surface area contributed by atoms with Crippen LogP contribution in [0, 0.1) is 5.92 Å². The molecule has 3 heterocycles. The smallest absolute Gasteiger partial charge is 0.410 e. The normalized spacial score (nSPS) is 24.0. The lowest BCUT2D eigenvalue weighted by atomic mass is 10.00. The number of piperidine rings is 1. The van der Waals surface area contributed by atoms with Crippen LogP contribution in [0.15, 0.2) is 16.5 Å². The molecule has 2 amide bonds. The van der Waals surface area contributed by atoms with E-state index in [-0.39, 0.29) is 34.9 Å². The SMILES string of the molecule is CC(C)(C)OC(=O)N1C[C@@H]2C[C@H]1CN(C(=O)c1ccc(Cl)o1)C2. The minimum absolute atomic E-state index is 0.00187. The molecule has 0 radical (unpaired) electrons. The number of amides is 2. The Morgan fingerprint density at radius 3 is 2.61 bits per heavy atom. The molecule has 0 spiro atoms. The summed E-state index contributed by atoms with van der Waals surface area (Å²) in [4.78, 5) is 28.3. The minimum atomic E-state index is -0.520. The fourth-order valence-electron chi connectivity index (χ4n) is 3.25. The first-order chi connectivity index (χ1) is 10.7. The predicted molar refractivity (Wildman–Crippen MR) is 84.5 cm³/mol. The Hall–Kier alpha value is -1.69. The topological polar surface area (TPSA) is 63.0 Å². The zero-order chi connectivity index (χ0) is 16.8. The van der Waals surface area contributed by atoms with E-state index >= 15 is 0 Å². The number of halogens is 1. The van der Waals surface area contributed by atoms with Crippen molar-refractivity contribution in [2.24, 2.45) is 5.92 Å². The number of rotatable bonds is 1. The van der Waals surface area contributed by atoms with Crippen LogP contribution in [0.4, 0.5) is 4.79 Å². The van der Waals surface area contributed by atoms with Gasteiger partial charge in [0.05, 0.1) is 6.04 Å². The first-order valence-electron chi connectivity index (χ1n) is 7.77. The third-order valence-corrected chi connectivity index (χ3v) is 4.31. The van der Waals surface area contributed by atoms with Crippen molar-refractivity contribution in [3.63, 3.8) is 0 Å². The second-order valence-corrected chi connectivity index (χ2v) is 7.57. The molecule has 0 unspecified atom stereocenters. The Kier molecular flexibility index (Phi) is 4.04. The summed E-state index contributed by atoms with van der Waals surface area (Å²) in [6.07, 6.45) is 0.599. The van der Waals surface area contributed by atoms with Crippen LogP contribution >= 0.6 is 11.6 Å². The molecule has 2 fully saturated rings. The Morgan fingerprint density at radius 2 is 2.00 bits per heavy atom. The Labute approximate surface area is 140 Å². The van der Waals surface area contributed by atoms with E-state index in [1.807, 2.05) is 20.8 Å². The van der Waals surface area contributed by atoms with E-state index in [4.69, 9.17) is 20.8 Å². The number of carbonyl (C=O) groups is 2. The summed E-state index contributed by atoms with van der Waals surface area (Å²) in [6.45, 7) is 7.29. The van der Waals surface area contributed by atoms with Crippen molar-refractivity contribution in [3.05, 3.63) is 23.1 Å². The largest absolute Gasteiger partial charge is 0.444 e. The molecule has 1 aromatic heterocycles. The van der Waals surface area contributed by atoms with Gasteiger partial charge in [-0.1, -0.05) is 0 Å². The zero-order valence-corrected chi connectivity index (χ0v) is 14.3. The number of ether oxygens (including phenoxy) is 1. The minimum Gasteiger partial charge on any atom is -0.444 e. The molecule has 6 nitrogen and oxygen atoms in total. The maximum absolute atomic E-state index is 12.5. The van der Waals surface area contributed by atoms with Gasteiger partial charge in [0.15, 0.2) is 11.0 Å². The summed E-state index contributed by atoms with van der Waals surface area (Å²) >= 11 is 5.73. The molecular formula is C16H21ClN2O4. The van der Waals surface area contributed by atoms with Crippen molar-refractivity contribution < 1.29 is 18.7 Å². The van der Waals surface area contributed by atoms with Gasteiger partial charge in [0, 0.05) is 19.6 Å². The van der Waals surface area contributed by atoms with E-state index in [9.17, 15) is 9.59 Å². The van der Waals surface area contributed by atoms with Crippen LogP contribution in [0.3, 0.4) is 0 Å². The molecule has 3 rings (SSSR count). The van der Waals surface area contributed by atoms with Gasteiger partial charge in [0.2, 0.25) is 0 Å². The van der Waals surface area contributed by atoms with E-state index in [2.05, 4.69) is 0 Å². The fourth-order valence-corrected chi connectivity index (χ4v) is 3.40. The van der Waals surface area contributed by atoms with Gasteiger partial charge in [-0.15, -0.1) is 0 Å². The molecule has 1 aromatic rings. The highest BCUT2D eigenvalue weighted by Crippen LogP contribution is 2.32. The van der Waals surface area contributed by atoms with Gasteiger partial charge < -0.3 is 19.0 Å². The quantitative estimate of drug-likeness (QED) is 0.788. The van der Waals surface area contributed by atoms with E-state index in [0.29, 0.717) is 19.6 Å². The molecule has 0 saturated carbocycles. The summed E-state index contributed by atoms with van der Waals surface area (Å²) in [5, 5.41) is 0.198. The lowest BCUT2D eigenvalue weighted by molar-refractivity contribution is 0.0206. The maximum atomic E-state index is 12.5. The third kappa shape index (κ3) is 3.47. The first kappa shape index (κ1) is 16.2. The molecule has 2 saturated heterocycles. The molecule has 0 aromatic carbocycles. The van der Waals surface area contributed by atoms with Gasteiger partial charge in [-0.05, 0) is 56.8 Å². The van der Waals surface area contributed by atoms with Crippen LogP contribution in [0.5, 0.6) is 0 Å². The lowest BCUT2D eigenvalue weighted by Gasteiger charge is -2.32. The van der Waals surface area contributed by atoms with Gasteiger partial charge in [-0.3, -0.25) is 4.79 Å². The van der Waals surface area contributed by atoms with Crippen LogP contribution in [0.2, 0.25) is 5.22 Å². The van der Waals surface area contributed by atoms with Crippen molar-refractivity contribution in [2.45, 2.75) is 38.8 Å². The second kappa shape index (κ2) is 5.74. The van der Waals surface area contributed by atoms with Crippen LogP contribution in [0.1, 0.15) is 37.7 Å². The number of fused-ring (bicyclic) bond motifs is 2. The van der Waals surface area contributed by atoms with Crippen molar-refractivity contribution in [3.8, 4) is 0 Å². The highest BCUT2D eigenvalue weighted by Gasteiger charge is 2.44. The molecule has 0 aliphatic carbocycles. The molecule has 7 heteroatoms. The molecule has 2 atom stereocenters. The van der Waals surface area contributed by atoms with Crippen molar-refractivity contribution in [2.75, 3.05) is 19.6 Å². The van der Waals surface area contributed by atoms with Gasteiger partial charge in [-0.25, -0.2) is 4.79 Å². The molecule has 2 bridgehead atoms. The molecule has 2 aliphatic rings. The summed E-state index contributed by atoms with van der Waals surface area (Å²) < 4.78 is 10.7. The van der Waals surface area contributed by atoms with Crippen molar-refractivity contribution >= 4 is 23.6 Å². The third-order valence-electron chi connectivity index (χ3n) is 4.11. The second-order valence-electron chi connectivity index (χ2n) is 7.20. The van der Waals surface area contributed by atoms with Gasteiger partial charge in [0.1, 0.15) is 5.60 Å². The highest BCUT2D eigenvalue weighted by atomic mass is 35.5.